The molecule has 0 saturated carbocycles. The highest BCUT2D eigenvalue weighted by atomic mass is 19.4. The zero-order chi connectivity index (χ0) is 10.8. The normalized spacial score (nSPS) is 11.1. The Morgan fingerprint density at radius 3 is 2.07 bits per heavy atom. The van der Waals surface area contributed by atoms with E-state index in [-0.39, 0.29) is 11.4 Å². The Morgan fingerprint density at radius 2 is 1.71 bits per heavy atom. The van der Waals surface area contributed by atoms with Gasteiger partial charge in [0, 0.05) is 17.8 Å². The average molecular weight is 206 g/mol. The summed E-state index contributed by atoms with van der Waals surface area (Å²) in [5, 5.41) is 11.4. The van der Waals surface area contributed by atoms with E-state index in [4.69, 9.17) is 0 Å². The molecule has 0 aliphatic heterocycles. The second-order valence-electron chi connectivity index (χ2n) is 2.43. The van der Waals surface area contributed by atoms with Gasteiger partial charge in [-0.1, -0.05) is 0 Å². The summed E-state index contributed by atoms with van der Waals surface area (Å²) < 4.78 is 35.3. The Bertz CT molecular complexity index is 334. The van der Waals surface area contributed by atoms with Crippen molar-refractivity contribution < 1.29 is 18.1 Å². The third-order valence-electron chi connectivity index (χ3n) is 1.36. The molecule has 0 radical (unpaired) electrons. The summed E-state index contributed by atoms with van der Waals surface area (Å²) in [6, 6.07) is 3.97. The van der Waals surface area contributed by atoms with Gasteiger partial charge in [0.05, 0.1) is 4.92 Å². The molecule has 7 heteroatoms. The molecule has 0 fully saturated rings. The zero-order valence-electron chi connectivity index (χ0n) is 6.71. The molecule has 1 N–H and O–H groups in total. The molecule has 0 bridgehead atoms. The molecular weight excluding hydrogens is 201 g/mol. The van der Waals surface area contributed by atoms with Gasteiger partial charge in [-0.3, -0.25) is 15.4 Å². The molecule has 0 aliphatic rings. The molecular formula is C7H5F3N2O2. The second-order valence-corrected chi connectivity index (χ2v) is 2.43. The van der Waals surface area contributed by atoms with Crippen LogP contribution in [0.3, 0.4) is 0 Å². The van der Waals surface area contributed by atoms with E-state index in [2.05, 4.69) is 0 Å². The molecule has 1 aromatic rings. The minimum absolute atomic E-state index is 0.233. The Morgan fingerprint density at radius 1 is 1.21 bits per heavy atom. The Balaban J connectivity index is 2.79. The van der Waals surface area contributed by atoms with Crippen molar-refractivity contribution in [2.45, 2.75) is 6.30 Å². The van der Waals surface area contributed by atoms with Crippen molar-refractivity contribution >= 4 is 11.4 Å². The number of nitro benzene ring substituents is 1. The number of nitro groups is 1. The Kier molecular flexibility index (Phi) is 2.59. The monoisotopic (exact) mass is 206 g/mol. The van der Waals surface area contributed by atoms with Crippen molar-refractivity contribution in [2.75, 3.05) is 5.32 Å². The highest BCUT2D eigenvalue weighted by molar-refractivity contribution is 5.48. The van der Waals surface area contributed by atoms with Crippen LogP contribution >= 0.6 is 0 Å². The van der Waals surface area contributed by atoms with Gasteiger partial charge in [-0.15, -0.1) is 0 Å². The number of hydrogen-bond donors (Lipinski definition) is 1. The maximum Gasteiger partial charge on any atom is 0.482 e. The standard InChI is InChI=1S/C7H5F3N2O2/c8-7(9,10)11-5-1-3-6(4-2-5)12(13)14/h1-4,11H. The van der Waals surface area contributed by atoms with Gasteiger partial charge in [0.2, 0.25) is 0 Å². The number of nitrogens with one attached hydrogen (secondary N) is 1. The summed E-state index contributed by atoms with van der Waals surface area (Å²) >= 11 is 0. The van der Waals surface area contributed by atoms with E-state index < -0.39 is 11.2 Å². The lowest BCUT2D eigenvalue weighted by Crippen LogP contribution is -2.20. The van der Waals surface area contributed by atoms with Crippen LogP contribution in [0.25, 0.3) is 0 Å². The number of anilines is 1. The molecule has 0 heterocycles. The average Bonchev–Trinajstić information content (AvgIpc) is 2.02. The van der Waals surface area contributed by atoms with Gasteiger partial charge >= 0.3 is 6.30 Å². The predicted octanol–water partition coefficient (Wildman–Crippen LogP) is 2.53. The lowest BCUT2D eigenvalue weighted by molar-refractivity contribution is -0.384. The van der Waals surface area contributed by atoms with Gasteiger partial charge in [-0.25, -0.2) is 0 Å². The van der Waals surface area contributed by atoms with Crippen LogP contribution in [-0.4, -0.2) is 11.2 Å². The molecule has 0 saturated heterocycles. The quantitative estimate of drug-likeness (QED) is 0.459. The second kappa shape index (κ2) is 3.52. The highest BCUT2D eigenvalue weighted by Crippen LogP contribution is 2.21. The third kappa shape index (κ3) is 2.92. The Hall–Kier alpha value is -1.79. The molecule has 0 aromatic heterocycles. The van der Waals surface area contributed by atoms with Crippen molar-refractivity contribution in [3.63, 3.8) is 0 Å². The molecule has 14 heavy (non-hydrogen) atoms. The number of benzene rings is 1. The van der Waals surface area contributed by atoms with E-state index in [9.17, 15) is 23.3 Å². The van der Waals surface area contributed by atoms with Gasteiger partial charge < -0.3 is 0 Å². The summed E-state index contributed by atoms with van der Waals surface area (Å²) in [5.41, 5.74) is -0.485. The fourth-order valence-corrected chi connectivity index (χ4v) is 0.830. The topological polar surface area (TPSA) is 55.2 Å². The zero-order valence-corrected chi connectivity index (χ0v) is 6.71. The van der Waals surface area contributed by atoms with E-state index in [1.807, 2.05) is 0 Å². The fraction of sp³-hybridized carbons (Fsp3) is 0.143. The van der Waals surface area contributed by atoms with Crippen molar-refractivity contribution in [3.8, 4) is 0 Å². The third-order valence-corrected chi connectivity index (χ3v) is 1.36. The smallest absolute Gasteiger partial charge is 0.298 e. The fourth-order valence-electron chi connectivity index (χ4n) is 0.830. The van der Waals surface area contributed by atoms with Gasteiger partial charge in [0.1, 0.15) is 0 Å². The van der Waals surface area contributed by atoms with E-state index in [1.165, 1.54) is 5.32 Å². The predicted molar refractivity (Wildman–Crippen MR) is 42.8 cm³/mol. The molecule has 76 valence electrons. The van der Waals surface area contributed by atoms with Crippen molar-refractivity contribution in [3.05, 3.63) is 34.4 Å². The molecule has 1 aromatic carbocycles. The van der Waals surface area contributed by atoms with Crippen LogP contribution in [0, 0.1) is 10.1 Å². The first-order valence-corrected chi connectivity index (χ1v) is 3.48. The lowest BCUT2D eigenvalue weighted by atomic mass is 10.3. The number of non-ortho nitro benzene ring substituents is 1. The number of alkyl halides is 3. The number of rotatable bonds is 2. The van der Waals surface area contributed by atoms with Crippen molar-refractivity contribution in [1.29, 1.82) is 0 Å². The van der Waals surface area contributed by atoms with Crippen LogP contribution in [0.15, 0.2) is 24.3 Å². The SMILES string of the molecule is O=[N+]([O-])c1ccc(NC(F)(F)F)cc1. The van der Waals surface area contributed by atoms with Crippen molar-refractivity contribution in [2.24, 2.45) is 0 Å². The number of hydrogen-bond acceptors (Lipinski definition) is 3. The van der Waals surface area contributed by atoms with Crippen LogP contribution < -0.4 is 5.32 Å². The maximum atomic E-state index is 11.8. The summed E-state index contributed by atoms with van der Waals surface area (Å²) in [5.74, 6) is 0. The van der Waals surface area contributed by atoms with Crippen LogP contribution in [0.1, 0.15) is 0 Å². The summed E-state index contributed by atoms with van der Waals surface area (Å²) in [6.45, 7) is 0. The van der Waals surface area contributed by atoms with E-state index in [1.54, 1.807) is 0 Å². The first kappa shape index (κ1) is 10.3. The molecule has 1 rings (SSSR count). The molecule has 0 unspecified atom stereocenters. The maximum absolute atomic E-state index is 11.8. The van der Waals surface area contributed by atoms with Gasteiger partial charge in [0.25, 0.3) is 5.69 Å². The van der Waals surface area contributed by atoms with Crippen LogP contribution in [-0.2, 0) is 0 Å². The molecule has 0 amide bonds. The van der Waals surface area contributed by atoms with Crippen LogP contribution in [0.2, 0.25) is 0 Å². The Labute approximate surface area is 76.5 Å². The van der Waals surface area contributed by atoms with Gasteiger partial charge in [-0.05, 0) is 12.1 Å². The summed E-state index contributed by atoms with van der Waals surface area (Å²) in [6.07, 6.45) is -4.53. The van der Waals surface area contributed by atoms with E-state index in [0.29, 0.717) is 0 Å². The largest absolute Gasteiger partial charge is 0.482 e. The lowest BCUT2D eigenvalue weighted by Gasteiger charge is -2.08. The van der Waals surface area contributed by atoms with Gasteiger partial charge in [0.15, 0.2) is 0 Å². The van der Waals surface area contributed by atoms with Gasteiger partial charge in [-0.2, -0.15) is 13.2 Å². The van der Waals surface area contributed by atoms with Crippen LogP contribution in [0.5, 0.6) is 0 Å². The first-order valence-electron chi connectivity index (χ1n) is 3.48. The molecule has 0 atom stereocenters. The highest BCUT2D eigenvalue weighted by Gasteiger charge is 2.26. The number of halogens is 3. The van der Waals surface area contributed by atoms with Crippen LogP contribution in [0.4, 0.5) is 24.5 Å². The summed E-state index contributed by atoms with van der Waals surface area (Å²) in [7, 11) is 0. The minimum atomic E-state index is -4.53. The van der Waals surface area contributed by atoms with E-state index in [0.717, 1.165) is 24.3 Å². The summed E-state index contributed by atoms with van der Waals surface area (Å²) in [4.78, 5) is 9.48. The van der Waals surface area contributed by atoms with Crippen molar-refractivity contribution in [1.82, 2.24) is 0 Å². The minimum Gasteiger partial charge on any atom is -0.298 e. The first-order chi connectivity index (χ1) is 6.38. The molecule has 0 spiro atoms. The number of nitrogens with zero attached hydrogens (tertiary/aromatic N) is 1. The van der Waals surface area contributed by atoms with E-state index >= 15 is 0 Å². The molecule has 4 nitrogen and oxygen atoms in total. The molecule has 0 aliphatic carbocycles.